The summed E-state index contributed by atoms with van der Waals surface area (Å²) < 4.78 is 89.2. The minimum absolute atomic E-state index is 0.0108. The van der Waals surface area contributed by atoms with Crippen molar-refractivity contribution >= 4 is 27.7 Å². The quantitative estimate of drug-likeness (QED) is 0.286. The number of halogens is 7. The number of rotatable bonds is 5. The first kappa shape index (κ1) is 31.2. The number of nitriles is 1. The van der Waals surface area contributed by atoms with Crippen molar-refractivity contribution < 1.29 is 35.9 Å². The van der Waals surface area contributed by atoms with Crippen LogP contribution in [0.5, 0.6) is 0 Å². The first-order valence-electron chi connectivity index (χ1n) is 12.7. The number of alkyl halides is 6. The molecule has 1 unspecified atom stereocenters. The van der Waals surface area contributed by atoms with Gasteiger partial charge in [-0.25, -0.2) is 14.8 Å². The fraction of sp³-hybridized carbons (Fsp3) is 0.357. The van der Waals surface area contributed by atoms with Crippen molar-refractivity contribution in [3.8, 4) is 6.07 Å². The van der Waals surface area contributed by atoms with Gasteiger partial charge in [0.25, 0.3) is 0 Å². The highest BCUT2D eigenvalue weighted by molar-refractivity contribution is 9.10. The van der Waals surface area contributed by atoms with Gasteiger partial charge in [-0.15, -0.1) is 0 Å². The summed E-state index contributed by atoms with van der Waals surface area (Å²) in [7, 11) is 0. The van der Waals surface area contributed by atoms with Gasteiger partial charge in [0.05, 0.1) is 51.1 Å². The van der Waals surface area contributed by atoms with Crippen LogP contribution in [0.1, 0.15) is 72.2 Å². The molecule has 42 heavy (non-hydrogen) atoms. The molecule has 2 N–H and O–H groups in total. The highest BCUT2D eigenvalue weighted by Gasteiger charge is 2.49. The van der Waals surface area contributed by atoms with Crippen molar-refractivity contribution in [2.45, 2.75) is 56.5 Å². The molecule has 0 spiro atoms. The smallest absolute Gasteiger partial charge is 0.416 e. The molecule has 1 aliphatic heterocycles. The number of amides is 1. The topological polar surface area (TPSA) is 105 Å². The number of nitrogens with two attached hydrogens (primary N) is 1. The van der Waals surface area contributed by atoms with Crippen molar-refractivity contribution in [1.82, 2.24) is 9.97 Å². The average Bonchev–Trinajstić information content (AvgIpc) is 2.93. The molecule has 1 aliphatic rings. The maximum absolute atomic E-state index is 13.9. The van der Waals surface area contributed by atoms with Crippen LogP contribution < -0.4 is 10.6 Å². The Kier molecular flexibility index (Phi) is 8.57. The zero-order valence-electron chi connectivity index (χ0n) is 22.2. The Hall–Kier alpha value is -3.70. The van der Waals surface area contributed by atoms with Crippen LogP contribution in [0.15, 0.2) is 53.3 Å². The van der Waals surface area contributed by atoms with E-state index in [2.05, 4.69) is 25.9 Å². The van der Waals surface area contributed by atoms with Crippen LogP contribution in [0, 0.1) is 11.3 Å². The van der Waals surface area contributed by atoms with E-state index >= 15 is 0 Å². The number of nitrogens with zero attached hydrogens (tertiary/aromatic N) is 4. The van der Waals surface area contributed by atoms with E-state index in [1.165, 1.54) is 18.5 Å². The summed E-state index contributed by atoms with van der Waals surface area (Å²) in [6.07, 6.45) is -7.87. The van der Waals surface area contributed by atoms with E-state index in [0.717, 1.165) is 29.2 Å². The van der Waals surface area contributed by atoms with Crippen molar-refractivity contribution in [1.29, 1.82) is 5.26 Å². The summed E-state index contributed by atoms with van der Waals surface area (Å²) in [5.74, 6) is -2.28. The third-order valence-corrected chi connectivity index (χ3v) is 7.58. The number of hydrogen-bond acceptors (Lipinski definition) is 6. The molecule has 3 aromatic rings. The molecule has 4 rings (SSSR count). The monoisotopic (exact) mass is 655 g/mol. The molecule has 0 bridgehead atoms. The Balaban J connectivity index is 2.07. The SMILES string of the molecule is CCOC(=O)N1c2ccc(C(F)(F)F)cc2[C@H](C(c2cc(C#N)cc(C(F)(F)F)c2)c2ncc(Br)cn2)C[C@@]1(N)CC. The van der Waals surface area contributed by atoms with Crippen LogP contribution in [-0.2, 0) is 17.1 Å². The Labute approximate surface area is 245 Å². The molecule has 0 saturated heterocycles. The van der Waals surface area contributed by atoms with Gasteiger partial charge in [-0.2, -0.15) is 31.6 Å². The zero-order chi connectivity index (χ0) is 31.0. The van der Waals surface area contributed by atoms with Gasteiger partial charge in [-0.1, -0.05) is 6.92 Å². The molecule has 2 heterocycles. The Morgan fingerprint density at radius 2 is 1.76 bits per heavy atom. The van der Waals surface area contributed by atoms with Gasteiger partial charge < -0.3 is 10.5 Å². The largest absolute Gasteiger partial charge is 0.449 e. The Morgan fingerprint density at radius 3 is 2.31 bits per heavy atom. The molecular weight excluding hydrogens is 632 g/mol. The predicted molar refractivity (Wildman–Crippen MR) is 143 cm³/mol. The molecule has 222 valence electrons. The van der Waals surface area contributed by atoms with E-state index in [0.29, 0.717) is 10.5 Å². The van der Waals surface area contributed by atoms with Gasteiger partial charge >= 0.3 is 18.4 Å². The van der Waals surface area contributed by atoms with E-state index in [-0.39, 0.29) is 47.7 Å². The lowest BCUT2D eigenvalue weighted by molar-refractivity contribution is -0.138. The zero-order valence-corrected chi connectivity index (χ0v) is 23.8. The van der Waals surface area contributed by atoms with Crippen LogP contribution in [0.4, 0.5) is 36.8 Å². The first-order chi connectivity index (χ1) is 19.6. The molecule has 14 heteroatoms. The highest BCUT2D eigenvalue weighted by Crippen LogP contribution is 2.52. The number of carbonyl (C=O) groups excluding carboxylic acids is 1. The molecule has 1 aromatic heterocycles. The average molecular weight is 656 g/mol. The molecular formula is C28H24BrF6N5O2. The molecule has 3 atom stereocenters. The van der Waals surface area contributed by atoms with E-state index in [1.807, 2.05) is 0 Å². The van der Waals surface area contributed by atoms with Crippen LogP contribution in [0.2, 0.25) is 0 Å². The molecule has 1 amide bonds. The standard InChI is InChI=1S/C28H24BrF6N5O2/c1-3-26(37)11-21(20-10-17(27(30,31)32)5-6-22(20)40(26)25(41)42-4-2)23(24-38-13-19(29)14-39-24)16-7-15(12-36)8-18(9-16)28(33,34)35/h5-10,13-14,21,23H,3-4,11,37H2,1-2H3/t21-,23?,26-/m1/s1. The Bertz CT molecular complexity index is 1520. The van der Waals surface area contributed by atoms with Gasteiger partial charge in [-0.3, -0.25) is 4.90 Å². The molecule has 0 radical (unpaired) electrons. The number of carbonyl (C=O) groups is 1. The van der Waals surface area contributed by atoms with E-state index < -0.39 is 47.1 Å². The number of hydrogen-bond donors (Lipinski definition) is 1. The lowest BCUT2D eigenvalue weighted by Crippen LogP contribution is -2.62. The predicted octanol–water partition coefficient (Wildman–Crippen LogP) is 7.50. The summed E-state index contributed by atoms with van der Waals surface area (Å²) in [5, 5.41) is 9.54. The summed E-state index contributed by atoms with van der Waals surface area (Å²) in [6.45, 7) is 3.19. The minimum atomic E-state index is -4.83. The summed E-state index contributed by atoms with van der Waals surface area (Å²) >= 11 is 3.21. The summed E-state index contributed by atoms with van der Waals surface area (Å²) in [4.78, 5) is 22.8. The Morgan fingerprint density at radius 1 is 1.12 bits per heavy atom. The van der Waals surface area contributed by atoms with Gasteiger partial charge in [0.15, 0.2) is 0 Å². The van der Waals surface area contributed by atoms with Crippen LogP contribution in [0.25, 0.3) is 0 Å². The van der Waals surface area contributed by atoms with Gasteiger partial charge in [0.1, 0.15) is 5.82 Å². The number of anilines is 1. The fourth-order valence-electron chi connectivity index (χ4n) is 5.23. The molecule has 2 aromatic carbocycles. The van der Waals surface area contributed by atoms with Gasteiger partial charge in [-0.05, 0) is 83.2 Å². The normalized spacial score (nSPS) is 19.5. The minimum Gasteiger partial charge on any atom is -0.449 e. The van der Waals surface area contributed by atoms with Crippen LogP contribution >= 0.6 is 15.9 Å². The molecule has 0 saturated carbocycles. The second kappa shape index (κ2) is 11.5. The molecule has 0 aliphatic carbocycles. The van der Waals surface area contributed by atoms with Crippen LogP contribution in [-0.4, -0.2) is 28.3 Å². The second-order valence-electron chi connectivity index (χ2n) is 9.76. The van der Waals surface area contributed by atoms with E-state index in [4.69, 9.17) is 10.5 Å². The maximum atomic E-state index is 13.9. The lowest BCUT2D eigenvalue weighted by Gasteiger charge is -2.48. The van der Waals surface area contributed by atoms with E-state index in [1.54, 1.807) is 19.9 Å². The van der Waals surface area contributed by atoms with Crippen molar-refractivity contribution in [2.75, 3.05) is 11.5 Å². The third-order valence-electron chi connectivity index (χ3n) is 7.17. The number of fused-ring (bicyclic) bond motifs is 1. The number of aromatic nitrogens is 2. The van der Waals surface area contributed by atoms with Crippen molar-refractivity contribution in [3.05, 3.63) is 86.9 Å². The van der Waals surface area contributed by atoms with Crippen molar-refractivity contribution in [3.63, 3.8) is 0 Å². The first-order valence-corrected chi connectivity index (χ1v) is 13.5. The molecule has 0 fully saturated rings. The summed E-state index contributed by atoms with van der Waals surface area (Å²) in [6, 6.07) is 7.20. The van der Waals surface area contributed by atoms with E-state index in [9.17, 15) is 36.4 Å². The number of ether oxygens (including phenoxy) is 1. The summed E-state index contributed by atoms with van der Waals surface area (Å²) in [5.41, 5.74) is 2.71. The third kappa shape index (κ3) is 6.07. The maximum Gasteiger partial charge on any atom is 0.416 e. The second-order valence-corrected chi connectivity index (χ2v) is 10.7. The highest BCUT2D eigenvalue weighted by atomic mass is 79.9. The van der Waals surface area contributed by atoms with Crippen molar-refractivity contribution in [2.24, 2.45) is 5.73 Å². The fourth-order valence-corrected chi connectivity index (χ4v) is 5.43. The van der Waals surface area contributed by atoms with Gasteiger partial charge in [0.2, 0.25) is 0 Å². The number of benzene rings is 2. The van der Waals surface area contributed by atoms with Gasteiger partial charge in [0, 0.05) is 18.3 Å². The molecule has 7 nitrogen and oxygen atoms in total. The lowest BCUT2D eigenvalue weighted by atomic mass is 9.71. The van der Waals surface area contributed by atoms with Crippen LogP contribution in [0.3, 0.4) is 0 Å².